The fraction of sp³-hybridized carbons (Fsp3) is 0.286. The molecule has 2 rings (SSSR count). The first-order chi connectivity index (χ1) is 9.88. The van der Waals surface area contributed by atoms with Crippen molar-refractivity contribution in [2.24, 2.45) is 0 Å². The fourth-order valence-corrected chi connectivity index (χ4v) is 2.17. The van der Waals surface area contributed by atoms with Gasteiger partial charge < -0.3 is 9.52 Å². The smallest absolute Gasteiger partial charge is 0.357 e. The van der Waals surface area contributed by atoms with Gasteiger partial charge in [-0.25, -0.2) is 9.78 Å². The molecule has 112 valence electrons. The first kappa shape index (κ1) is 15.8. The zero-order valence-corrected chi connectivity index (χ0v) is 13.0. The summed E-state index contributed by atoms with van der Waals surface area (Å²) >= 11 is 11.9. The third kappa shape index (κ3) is 3.75. The van der Waals surface area contributed by atoms with Crippen molar-refractivity contribution in [2.75, 3.05) is 7.05 Å². The molecule has 5 nitrogen and oxygen atoms in total. The first-order valence-electron chi connectivity index (χ1n) is 6.21. The van der Waals surface area contributed by atoms with Gasteiger partial charge in [0.25, 0.3) is 0 Å². The van der Waals surface area contributed by atoms with Crippen molar-refractivity contribution < 1.29 is 14.3 Å². The van der Waals surface area contributed by atoms with Crippen LogP contribution in [0.15, 0.2) is 28.9 Å². The van der Waals surface area contributed by atoms with Crippen LogP contribution in [0.3, 0.4) is 0 Å². The molecular weight excluding hydrogens is 315 g/mol. The molecule has 0 saturated heterocycles. The van der Waals surface area contributed by atoms with Crippen LogP contribution in [-0.2, 0) is 6.54 Å². The molecule has 1 N–H and O–H groups in total. The molecule has 0 aliphatic heterocycles. The van der Waals surface area contributed by atoms with Crippen molar-refractivity contribution in [3.63, 3.8) is 0 Å². The van der Waals surface area contributed by atoms with Gasteiger partial charge in [0.2, 0.25) is 5.89 Å². The highest BCUT2D eigenvalue weighted by Crippen LogP contribution is 2.28. The Kier molecular flexibility index (Phi) is 4.88. The highest BCUT2D eigenvalue weighted by Gasteiger charge is 2.17. The number of rotatable bonds is 5. The van der Waals surface area contributed by atoms with E-state index in [4.69, 9.17) is 32.7 Å². The lowest BCUT2D eigenvalue weighted by Crippen LogP contribution is -2.22. The first-order valence-corrected chi connectivity index (χ1v) is 6.97. The minimum Gasteiger partial charge on any atom is -0.476 e. The van der Waals surface area contributed by atoms with Crippen molar-refractivity contribution in [1.82, 2.24) is 9.88 Å². The Hall–Kier alpha value is -1.56. The van der Waals surface area contributed by atoms with E-state index in [9.17, 15) is 4.79 Å². The van der Waals surface area contributed by atoms with E-state index >= 15 is 0 Å². The lowest BCUT2D eigenvalue weighted by atomic mass is 10.1. The Balaban J connectivity index is 2.09. The number of hydrogen-bond acceptors (Lipinski definition) is 4. The lowest BCUT2D eigenvalue weighted by molar-refractivity contribution is 0.0690. The molecule has 2 aromatic rings. The van der Waals surface area contributed by atoms with E-state index in [2.05, 4.69) is 4.98 Å². The lowest BCUT2D eigenvalue weighted by Gasteiger charge is -2.23. The number of aromatic nitrogens is 1. The maximum Gasteiger partial charge on any atom is 0.357 e. The summed E-state index contributed by atoms with van der Waals surface area (Å²) in [6.07, 6.45) is 1.13. The van der Waals surface area contributed by atoms with E-state index in [1.165, 1.54) is 0 Å². The van der Waals surface area contributed by atoms with E-state index in [1.54, 1.807) is 6.07 Å². The number of oxazole rings is 1. The summed E-state index contributed by atoms with van der Waals surface area (Å²) < 4.78 is 5.14. The third-order valence-corrected chi connectivity index (χ3v) is 3.98. The van der Waals surface area contributed by atoms with Crippen LogP contribution >= 0.6 is 23.2 Å². The van der Waals surface area contributed by atoms with E-state index in [-0.39, 0.29) is 11.7 Å². The molecule has 0 spiro atoms. The number of aromatic carboxylic acids is 1. The van der Waals surface area contributed by atoms with Crippen LogP contribution < -0.4 is 0 Å². The number of carboxylic acids is 1. The van der Waals surface area contributed by atoms with Crippen LogP contribution in [-0.4, -0.2) is 28.0 Å². The molecule has 0 radical (unpaired) electrons. The Morgan fingerprint density at radius 3 is 2.71 bits per heavy atom. The molecule has 7 heteroatoms. The maximum absolute atomic E-state index is 10.8. The molecule has 1 heterocycles. The summed E-state index contributed by atoms with van der Waals surface area (Å²) in [6, 6.07) is 5.49. The van der Waals surface area contributed by atoms with E-state index in [0.29, 0.717) is 22.5 Å². The summed E-state index contributed by atoms with van der Waals surface area (Å²) in [5.41, 5.74) is 0.900. The average Bonchev–Trinajstić information content (AvgIpc) is 2.89. The molecule has 0 aliphatic rings. The fourth-order valence-electron chi connectivity index (χ4n) is 1.86. The van der Waals surface area contributed by atoms with Crippen LogP contribution in [0.25, 0.3) is 0 Å². The third-order valence-electron chi connectivity index (χ3n) is 3.24. The normalized spacial score (nSPS) is 12.6. The molecule has 0 bridgehead atoms. The summed E-state index contributed by atoms with van der Waals surface area (Å²) in [4.78, 5) is 16.6. The molecule has 0 amide bonds. The predicted octanol–water partition coefficient (Wildman–Crippen LogP) is 3.87. The van der Waals surface area contributed by atoms with Crippen molar-refractivity contribution >= 4 is 29.2 Å². The molecule has 21 heavy (non-hydrogen) atoms. The molecule has 1 aromatic heterocycles. The van der Waals surface area contributed by atoms with Gasteiger partial charge in [0.1, 0.15) is 6.26 Å². The predicted molar refractivity (Wildman–Crippen MR) is 79.8 cm³/mol. The zero-order chi connectivity index (χ0) is 15.6. The minimum atomic E-state index is -1.11. The van der Waals surface area contributed by atoms with Crippen LogP contribution in [0, 0.1) is 0 Å². The van der Waals surface area contributed by atoms with Crippen LogP contribution in [0.2, 0.25) is 10.0 Å². The molecule has 0 fully saturated rings. The average molecular weight is 329 g/mol. The number of carbonyl (C=O) groups is 1. The Bertz CT molecular complexity index is 657. The van der Waals surface area contributed by atoms with Crippen LogP contribution in [0.5, 0.6) is 0 Å². The monoisotopic (exact) mass is 328 g/mol. The second kappa shape index (κ2) is 6.47. The van der Waals surface area contributed by atoms with Gasteiger partial charge in [-0.3, -0.25) is 4.90 Å². The second-order valence-corrected chi connectivity index (χ2v) is 5.51. The van der Waals surface area contributed by atoms with Crippen LogP contribution in [0.1, 0.15) is 34.9 Å². The summed E-state index contributed by atoms with van der Waals surface area (Å²) in [5.74, 6) is -0.757. The van der Waals surface area contributed by atoms with Crippen molar-refractivity contribution in [3.05, 3.63) is 51.7 Å². The van der Waals surface area contributed by atoms with Gasteiger partial charge in [0.05, 0.1) is 16.6 Å². The van der Waals surface area contributed by atoms with Gasteiger partial charge in [0.15, 0.2) is 5.69 Å². The minimum absolute atomic E-state index is 0.0416. The van der Waals surface area contributed by atoms with Gasteiger partial charge in [-0.05, 0) is 31.7 Å². The molecule has 1 aromatic carbocycles. The van der Waals surface area contributed by atoms with Crippen molar-refractivity contribution in [2.45, 2.75) is 19.5 Å². The van der Waals surface area contributed by atoms with E-state index < -0.39 is 5.97 Å². The number of benzene rings is 1. The topological polar surface area (TPSA) is 66.6 Å². The van der Waals surface area contributed by atoms with Gasteiger partial charge in [-0.15, -0.1) is 0 Å². The standard InChI is InChI=1S/C14H14Cl2N2O3/c1-8(9-3-4-10(15)11(16)5-9)18(2)6-13-17-12(7-21-13)14(19)20/h3-5,7-8H,6H2,1-2H3,(H,19,20). The molecular formula is C14H14Cl2N2O3. The quantitative estimate of drug-likeness (QED) is 0.902. The largest absolute Gasteiger partial charge is 0.476 e. The number of carboxylic acid groups (broad SMARTS) is 1. The van der Waals surface area contributed by atoms with Crippen LogP contribution in [0.4, 0.5) is 0 Å². The van der Waals surface area contributed by atoms with Gasteiger partial charge in [-0.1, -0.05) is 29.3 Å². The molecule has 0 aliphatic carbocycles. The SMILES string of the molecule is CC(c1ccc(Cl)c(Cl)c1)N(C)Cc1nc(C(=O)O)co1. The number of halogens is 2. The van der Waals surface area contributed by atoms with E-state index in [1.807, 2.05) is 31.0 Å². The Morgan fingerprint density at radius 1 is 1.43 bits per heavy atom. The second-order valence-electron chi connectivity index (χ2n) is 4.70. The summed E-state index contributed by atoms with van der Waals surface area (Å²) in [6.45, 7) is 2.38. The highest BCUT2D eigenvalue weighted by atomic mass is 35.5. The van der Waals surface area contributed by atoms with Crippen molar-refractivity contribution in [3.8, 4) is 0 Å². The highest BCUT2D eigenvalue weighted by molar-refractivity contribution is 6.42. The Morgan fingerprint density at radius 2 is 2.14 bits per heavy atom. The molecule has 1 atom stereocenters. The van der Waals surface area contributed by atoms with E-state index in [0.717, 1.165) is 11.8 Å². The summed E-state index contributed by atoms with van der Waals surface area (Å²) in [5, 5.41) is 9.82. The molecule has 1 unspecified atom stereocenters. The van der Waals surface area contributed by atoms with Gasteiger partial charge in [-0.2, -0.15) is 0 Å². The zero-order valence-electron chi connectivity index (χ0n) is 11.5. The summed E-state index contributed by atoms with van der Waals surface area (Å²) in [7, 11) is 1.89. The van der Waals surface area contributed by atoms with Gasteiger partial charge in [0, 0.05) is 6.04 Å². The molecule has 0 saturated carbocycles. The number of hydrogen-bond donors (Lipinski definition) is 1. The maximum atomic E-state index is 10.8. The Labute approximate surface area is 132 Å². The number of nitrogens with zero attached hydrogens (tertiary/aromatic N) is 2. The van der Waals surface area contributed by atoms with Crippen molar-refractivity contribution in [1.29, 1.82) is 0 Å². The van der Waals surface area contributed by atoms with Gasteiger partial charge >= 0.3 is 5.97 Å².